The third-order valence-electron chi connectivity index (χ3n) is 3.41. The van der Waals surface area contributed by atoms with Crippen LogP contribution in [0.25, 0.3) is 11.1 Å². The molecule has 21 heavy (non-hydrogen) atoms. The summed E-state index contributed by atoms with van der Waals surface area (Å²) in [4.78, 5) is 0. The third kappa shape index (κ3) is 3.82. The van der Waals surface area contributed by atoms with Crippen LogP contribution >= 0.6 is 0 Å². The molecule has 0 aliphatic carbocycles. The Morgan fingerprint density at radius 2 is 1.86 bits per heavy atom. The van der Waals surface area contributed by atoms with E-state index < -0.39 is 0 Å². The SMILES string of the molecule is COc1ccc(C)cc1-c1ccc(F)cc1CNC(C)C. The van der Waals surface area contributed by atoms with Crippen molar-refractivity contribution in [3.05, 3.63) is 53.3 Å². The summed E-state index contributed by atoms with van der Waals surface area (Å²) in [6.45, 7) is 6.82. The van der Waals surface area contributed by atoms with Gasteiger partial charge < -0.3 is 10.1 Å². The van der Waals surface area contributed by atoms with Crippen molar-refractivity contribution in [3.8, 4) is 16.9 Å². The summed E-state index contributed by atoms with van der Waals surface area (Å²) in [5.41, 5.74) is 4.09. The molecule has 2 aromatic rings. The van der Waals surface area contributed by atoms with E-state index in [1.165, 1.54) is 6.07 Å². The molecule has 2 rings (SSSR count). The van der Waals surface area contributed by atoms with Gasteiger partial charge in [-0.1, -0.05) is 31.5 Å². The second kappa shape index (κ2) is 6.72. The summed E-state index contributed by atoms with van der Waals surface area (Å²) in [7, 11) is 1.66. The number of methoxy groups -OCH3 is 1. The Bertz CT molecular complexity index is 623. The summed E-state index contributed by atoms with van der Waals surface area (Å²) < 4.78 is 19.0. The van der Waals surface area contributed by atoms with Crippen molar-refractivity contribution in [2.24, 2.45) is 0 Å². The quantitative estimate of drug-likeness (QED) is 0.885. The van der Waals surface area contributed by atoms with E-state index in [-0.39, 0.29) is 5.82 Å². The molecule has 0 radical (unpaired) electrons. The van der Waals surface area contributed by atoms with E-state index in [9.17, 15) is 4.39 Å². The van der Waals surface area contributed by atoms with Crippen molar-refractivity contribution in [2.75, 3.05) is 7.11 Å². The fourth-order valence-corrected chi connectivity index (χ4v) is 2.32. The number of halogens is 1. The van der Waals surface area contributed by atoms with Crippen molar-refractivity contribution in [1.29, 1.82) is 0 Å². The van der Waals surface area contributed by atoms with Crippen LogP contribution in [0.15, 0.2) is 36.4 Å². The lowest BCUT2D eigenvalue weighted by Crippen LogP contribution is -2.22. The van der Waals surface area contributed by atoms with Crippen LogP contribution in [-0.2, 0) is 6.54 Å². The number of rotatable bonds is 5. The van der Waals surface area contributed by atoms with Gasteiger partial charge in [0.2, 0.25) is 0 Å². The summed E-state index contributed by atoms with van der Waals surface area (Å²) in [6, 6.07) is 11.3. The minimum absolute atomic E-state index is 0.217. The van der Waals surface area contributed by atoms with E-state index in [1.54, 1.807) is 13.2 Å². The third-order valence-corrected chi connectivity index (χ3v) is 3.41. The Morgan fingerprint density at radius 1 is 1.10 bits per heavy atom. The van der Waals surface area contributed by atoms with Crippen LogP contribution in [0.2, 0.25) is 0 Å². The van der Waals surface area contributed by atoms with Crippen molar-refractivity contribution >= 4 is 0 Å². The molecule has 3 heteroatoms. The lowest BCUT2D eigenvalue weighted by molar-refractivity contribution is 0.416. The molecule has 0 unspecified atom stereocenters. The lowest BCUT2D eigenvalue weighted by atomic mass is 9.97. The first-order valence-electron chi connectivity index (χ1n) is 7.18. The molecule has 2 nitrogen and oxygen atoms in total. The second-order valence-corrected chi connectivity index (χ2v) is 5.54. The van der Waals surface area contributed by atoms with Gasteiger partial charge >= 0.3 is 0 Å². The molecule has 0 fully saturated rings. The number of nitrogens with one attached hydrogen (secondary N) is 1. The Labute approximate surface area is 126 Å². The lowest BCUT2D eigenvalue weighted by Gasteiger charge is -2.16. The highest BCUT2D eigenvalue weighted by atomic mass is 19.1. The normalized spacial score (nSPS) is 11.0. The van der Waals surface area contributed by atoms with Crippen LogP contribution in [0.3, 0.4) is 0 Å². The predicted molar refractivity (Wildman–Crippen MR) is 85.1 cm³/mol. The monoisotopic (exact) mass is 287 g/mol. The maximum atomic E-state index is 13.6. The minimum atomic E-state index is -0.217. The standard InChI is InChI=1S/C18H22FNO/c1-12(2)20-11-14-10-15(19)6-7-16(14)17-9-13(3)5-8-18(17)21-4/h5-10,12,20H,11H2,1-4H3. The highest BCUT2D eigenvalue weighted by Crippen LogP contribution is 2.33. The summed E-state index contributed by atoms with van der Waals surface area (Å²) in [6.07, 6.45) is 0. The molecule has 0 aliphatic heterocycles. The van der Waals surface area contributed by atoms with Crippen molar-refractivity contribution < 1.29 is 9.13 Å². The highest BCUT2D eigenvalue weighted by Gasteiger charge is 2.12. The summed E-state index contributed by atoms with van der Waals surface area (Å²) >= 11 is 0. The number of ether oxygens (including phenoxy) is 1. The Kier molecular flexibility index (Phi) is 4.97. The molecule has 0 saturated carbocycles. The maximum absolute atomic E-state index is 13.6. The zero-order chi connectivity index (χ0) is 15.4. The molecule has 2 aromatic carbocycles. The van der Waals surface area contributed by atoms with Crippen LogP contribution in [0, 0.1) is 12.7 Å². The molecule has 0 heterocycles. The average molecular weight is 287 g/mol. The van der Waals surface area contributed by atoms with Gasteiger partial charge in [-0.25, -0.2) is 4.39 Å². The largest absolute Gasteiger partial charge is 0.496 e. The molecule has 0 aliphatic rings. The van der Waals surface area contributed by atoms with Crippen LogP contribution < -0.4 is 10.1 Å². The van der Waals surface area contributed by atoms with E-state index in [0.717, 1.165) is 28.0 Å². The van der Waals surface area contributed by atoms with Gasteiger partial charge in [0.05, 0.1) is 7.11 Å². The molecule has 0 atom stereocenters. The zero-order valence-electron chi connectivity index (χ0n) is 13.0. The maximum Gasteiger partial charge on any atom is 0.126 e. The predicted octanol–water partition coefficient (Wildman–Crippen LogP) is 4.31. The Balaban J connectivity index is 2.50. The fraction of sp³-hybridized carbons (Fsp3) is 0.333. The first-order valence-corrected chi connectivity index (χ1v) is 7.18. The molecule has 0 aromatic heterocycles. The Hall–Kier alpha value is -1.87. The van der Waals surface area contributed by atoms with Gasteiger partial charge in [-0.2, -0.15) is 0 Å². The molecule has 112 valence electrons. The van der Waals surface area contributed by atoms with Crippen molar-refractivity contribution in [1.82, 2.24) is 5.32 Å². The average Bonchev–Trinajstić information content (AvgIpc) is 2.45. The van der Waals surface area contributed by atoms with Crippen LogP contribution in [0.1, 0.15) is 25.0 Å². The molecule has 0 amide bonds. The first kappa shape index (κ1) is 15.5. The van der Waals surface area contributed by atoms with Gasteiger partial charge in [0, 0.05) is 18.2 Å². The highest BCUT2D eigenvalue weighted by molar-refractivity contribution is 5.74. The van der Waals surface area contributed by atoms with Gasteiger partial charge in [-0.05, 0) is 42.3 Å². The Morgan fingerprint density at radius 3 is 2.52 bits per heavy atom. The molecular formula is C18H22FNO. The number of hydrogen-bond donors (Lipinski definition) is 1. The number of hydrogen-bond acceptors (Lipinski definition) is 2. The zero-order valence-corrected chi connectivity index (χ0v) is 13.0. The fourth-order valence-electron chi connectivity index (χ4n) is 2.32. The summed E-state index contributed by atoms with van der Waals surface area (Å²) in [5.74, 6) is 0.587. The van der Waals surface area contributed by atoms with Gasteiger partial charge in [0.15, 0.2) is 0 Å². The summed E-state index contributed by atoms with van der Waals surface area (Å²) in [5, 5.41) is 3.34. The van der Waals surface area contributed by atoms with E-state index >= 15 is 0 Å². The molecule has 1 N–H and O–H groups in total. The van der Waals surface area contributed by atoms with E-state index in [1.807, 2.05) is 25.1 Å². The van der Waals surface area contributed by atoms with Crippen molar-refractivity contribution in [3.63, 3.8) is 0 Å². The molecule has 0 bridgehead atoms. The van der Waals surface area contributed by atoms with E-state index in [0.29, 0.717) is 12.6 Å². The topological polar surface area (TPSA) is 21.3 Å². The van der Waals surface area contributed by atoms with Crippen LogP contribution in [-0.4, -0.2) is 13.2 Å². The van der Waals surface area contributed by atoms with Crippen molar-refractivity contribution in [2.45, 2.75) is 33.4 Å². The van der Waals surface area contributed by atoms with Gasteiger partial charge in [-0.15, -0.1) is 0 Å². The smallest absolute Gasteiger partial charge is 0.126 e. The van der Waals surface area contributed by atoms with Gasteiger partial charge in [0.25, 0.3) is 0 Å². The van der Waals surface area contributed by atoms with Gasteiger partial charge in [-0.3, -0.25) is 0 Å². The number of aryl methyl sites for hydroxylation is 1. The van der Waals surface area contributed by atoms with Crippen LogP contribution in [0.5, 0.6) is 5.75 Å². The minimum Gasteiger partial charge on any atom is -0.496 e. The number of benzene rings is 2. The molecule has 0 spiro atoms. The van der Waals surface area contributed by atoms with Crippen LogP contribution in [0.4, 0.5) is 4.39 Å². The molecular weight excluding hydrogens is 265 g/mol. The van der Waals surface area contributed by atoms with Gasteiger partial charge in [0.1, 0.15) is 11.6 Å². The molecule has 0 saturated heterocycles. The van der Waals surface area contributed by atoms with E-state index in [4.69, 9.17) is 4.74 Å². The van der Waals surface area contributed by atoms with E-state index in [2.05, 4.69) is 25.2 Å². The second-order valence-electron chi connectivity index (χ2n) is 5.54. The first-order chi connectivity index (χ1) is 10.0.